The molecule has 106 valence electrons. The Bertz CT molecular complexity index is 409. The van der Waals surface area contributed by atoms with Crippen LogP contribution in [0.4, 0.5) is 11.9 Å². The summed E-state index contributed by atoms with van der Waals surface area (Å²) in [5, 5.41) is 2.94. The lowest BCUT2D eigenvalue weighted by Crippen LogP contribution is -2.37. The standard InChI is InChI=1S/C12H21N5O2/c1-4-9(2)19-12-15-10(13-3)14-11(16-12)17-5-7-18-8-6-17/h9H,4-8H2,1-3H3,(H,13,14,15,16). The molecule has 2 heterocycles. The van der Waals surface area contributed by atoms with E-state index in [1.165, 1.54) is 0 Å². The minimum absolute atomic E-state index is 0.0876. The SMILES string of the molecule is CCC(C)Oc1nc(NC)nc(N2CCOCC2)n1. The van der Waals surface area contributed by atoms with Crippen LogP contribution in [0, 0.1) is 0 Å². The fourth-order valence-electron chi connectivity index (χ4n) is 1.68. The number of hydrogen-bond acceptors (Lipinski definition) is 7. The molecule has 1 unspecified atom stereocenters. The lowest BCUT2D eigenvalue weighted by molar-refractivity contribution is 0.121. The maximum Gasteiger partial charge on any atom is 0.323 e. The first kappa shape index (κ1) is 13.8. The molecular formula is C12H21N5O2. The zero-order valence-corrected chi connectivity index (χ0v) is 11.7. The first-order valence-corrected chi connectivity index (χ1v) is 6.66. The maximum atomic E-state index is 5.68. The zero-order valence-electron chi connectivity index (χ0n) is 11.7. The first-order chi connectivity index (χ1) is 9.22. The number of rotatable bonds is 5. The van der Waals surface area contributed by atoms with Crippen molar-refractivity contribution in [1.82, 2.24) is 15.0 Å². The van der Waals surface area contributed by atoms with Crippen molar-refractivity contribution in [2.24, 2.45) is 0 Å². The van der Waals surface area contributed by atoms with Gasteiger partial charge in [-0.3, -0.25) is 0 Å². The maximum absolute atomic E-state index is 5.68. The van der Waals surface area contributed by atoms with Gasteiger partial charge in [0.1, 0.15) is 0 Å². The summed E-state index contributed by atoms with van der Waals surface area (Å²) in [7, 11) is 1.78. The average molecular weight is 267 g/mol. The Labute approximate surface area is 113 Å². The average Bonchev–Trinajstić information content (AvgIpc) is 2.47. The second kappa shape index (κ2) is 6.51. The van der Waals surface area contributed by atoms with Gasteiger partial charge < -0.3 is 19.7 Å². The quantitative estimate of drug-likeness (QED) is 0.850. The molecule has 2 rings (SSSR count). The number of nitrogens with zero attached hydrogens (tertiary/aromatic N) is 4. The van der Waals surface area contributed by atoms with Crippen LogP contribution in [0.25, 0.3) is 0 Å². The summed E-state index contributed by atoms with van der Waals surface area (Å²) in [6.07, 6.45) is 0.998. The Morgan fingerprint density at radius 1 is 1.32 bits per heavy atom. The second-order valence-electron chi connectivity index (χ2n) is 4.43. The van der Waals surface area contributed by atoms with E-state index in [2.05, 4.69) is 32.1 Å². The Morgan fingerprint density at radius 2 is 2.05 bits per heavy atom. The third-order valence-electron chi connectivity index (χ3n) is 3.00. The molecule has 1 saturated heterocycles. The molecule has 1 N–H and O–H groups in total. The normalized spacial score (nSPS) is 17.1. The van der Waals surface area contributed by atoms with E-state index in [4.69, 9.17) is 9.47 Å². The van der Waals surface area contributed by atoms with E-state index < -0.39 is 0 Å². The summed E-state index contributed by atoms with van der Waals surface area (Å²) in [6.45, 7) is 7.03. The highest BCUT2D eigenvalue weighted by Gasteiger charge is 2.17. The third-order valence-corrected chi connectivity index (χ3v) is 3.00. The summed E-state index contributed by atoms with van der Waals surface area (Å²) < 4.78 is 11.0. The van der Waals surface area contributed by atoms with Crippen molar-refractivity contribution < 1.29 is 9.47 Å². The van der Waals surface area contributed by atoms with Gasteiger partial charge in [0.2, 0.25) is 11.9 Å². The zero-order chi connectivity index (χ0) is 13.7. The van der Waals surface area contributed by atoms with Crippen LogP contribution < -0.4 is 15.0 Å². The molecule has 0 radical (unpaired) electrons. The number of hydrogen-bond donors (Lipinski definition) is 1. The van der Waals surface area contributed by atoms with Crippen molar-refractivity contribution in [2.75, 3.05) is 43.6 Å². The second-order valence-corrected chi connectivity index (χ2v) is 4.43. The van der Waals surface area contributed by atoms with E-state index in [1.54, 1.807) is 7.05 Å². The fourth-order valence-corrected chi connectivity index (χ4v) is 1.68. The highest BCUT2D eigenvalue weighted by molar-refractivity contribution is 5.38. The molecule has 0 amide bonds. The minimum atomic E-state index is 0.0876. The number of anilines is 2. The highest BCUT2D eigenvalue weighted by Crippen LogP contribution is 2.17. The Kier molecular flexibility index (Phi) is 4.73. The van der Waals surface area contributed by atoms with Gasteiger partial charge in [0.25, 0.3) is 0 Å². The molecule has 1 aromatic heterocycles. The van der Waals surface area contributed by atoms with Gasteiger partial charge in [0.05, 0.1) is 19.3 Å². The molecule has 1 atom stereocenters. The van der Waals surface area contributed by atoms with Crippen LogP contribution in [-0.4, -0.2) is 54.4 Å². The summed E-state index contributed by atoms with van der Waals surface area (Å²) in [6, 6.07) is 0.371. The molecule has 1 aromatic rings. The van der Waals surface area contributed by atoms with Crippen molar-refractivity contribution in [1.29, 1.82) is 0 Å². The van der Waals surface area contributed by atoms with E-state index in [0.717, 1.165) is 19.5 Å². The largest absolute Gasteiger partial charge is 0.460 e. The predicted octanol–water partition coefficient (Wildman–Crippen LogP) is 0.927. The van der Waals surface area contributed by atoms with Crippen molar-refractivity contribution in [3.63, 3.8) is 0 Å². The Balaban J connectivity index is 2.19. The van der Waals surface area contributed by atoms with Crippen molar-refractivity contribution in [2.45, 2.75) is 26.4 Å². The van der Waals surface area contributed by atoms with Crippen LogP contribution in [0.1, 0.15) is 20.3 Å². The monoisotopic (exact) mass is 267 g/mol. The molecule has 19 heavy (non-hydrogen) atoms. The topological polar surface area (TPSA) is 72.4 Å². The third kappa shape index (κ3) is 3.66. The lowest BCUT2D eigenvalue weighted by Gasteiger charge is -2.27. The van der Waals surface area contributed by atoms with Crippen LogP contribution in [0.5, 0.6) is 6.01 Å². The lowest BCUT2D eigenvalue weighted by atomic mass is 10.3. The molecular weight excluding hydrogens is 246 g/mol. The molecule has 0 saturated carbocycles. The summed E-state index contributed by atoms with van der Waals surface area (Å²) in [5.41, 5.74) is 0. The van der Waals surface area contributed by atoms with Crippen molar-refractivity contribution >= 4 is 11.9 Å². The van der Waals surface area contributed by atoms with Crippen LogP contribution >= 0.6 is 0 Å². The number of morpholine rings is 1. The van der Waals surface area contributed by atoms with Crippen LogP contribution in [0.3, 0.4) is 0 Å². The minimum Gasteiger partial charge on any atom is -0.460 e. The van der Waals surface area contributed by atoms with Gasteiger partial charge in [-0.1, -0.05) is 6.92 Å². The van der Waals surface area contributed by atoms with Gasteiger partial charge in [-0.05, 0) is 13.3 Å². The number of nitrogens with one attached hydrogen (secondary N) is 1. The van der Waals surface area contributed by atoms with E-state index in [0.29, 0.717) is 31.1 Å². The molecule has 7 heteroatoms. The van der Waals surface area contributed by atoms with Gasteiger partial charge in [0, 0.05) is 20.1 Å². The van der Waals surface area contributed by atoms with Crippen LogP contribution in [0.15, 0.2) is 0 Å². The molecule has 7 nitrogen and oxygen atoms in total. The summed E-state index contributed by atoms with van der Waals surface area (Å²) in [5.74, 6) is 1.16. The van der Waals surface area contributed by atoms with Gasteiger partial charge in [-0.2, -0.15) is 15.0 Å². The summed E-state index contributed by atoms with van der Waals surface area (Å²) in [4.78, 5) is 15.0. The van der Waals surface area contributed by atoms with E-state index in [-0.39, 0.29) is 6.10 Å². The van der Waals surface area contributed by atoms with Crippen LogP contribution in [0.2, 0.25) is 0 Å². The van der Waals surface area contributed by atoms with Gasteiger partial charge in [-0.25, -0.2) is 0 Å². The molecule has 1 aliphatic heterocycles. The molecule has 1 fully saturated rings. The Morgan fingerprint density at radius 3 is 2.68 bits per heavy atom. The van der Waals surface area contributed by atoms with E-state index in [9.17, 15) is 0 Å². The van der Waals surface area contributed by atoms with Gasteiger partial charge in [0.15, 0.2) is 0 Å². The molecule has 0 bridgehead atoms. The van der Waals surface area contributed by atoms with E-state index >= 15 is 0 Å². The first-order valence-electron chi connectivity index (χ1n) is 6.66. The smallest absolute Gasteiger partial charge is 0.323 e. The van der Waals surface area contributed by atoms with Crippen molar-refractivity contribution in [3.05, 3.63) is 0 Å². The van der Waals surface area contributed by atoms with E-state index in [1.807, 2.05) is 6.92 Å². The van der Waals surface area contributed by atoms with Crippen LogP contribution in [-0.2, 0) is 4.74 Å². The predicted molar refractivity (Wildman–Crippen MR) is 72.8 cm³/mol. The molecule has 0 aliphatic carbocycles. The van der Waals surface area contributed by atoms with Crippen molar-refractivity contribution in [3.8, 4) is 6.01 Å². The highest BCUT2D eigenvalue weighted by atomic mass is 16.5. The fraction of sp³-hybridized carbons (Fsp3) is 0.750. The number of aromatic nitrogens is 3. The molecule has 1 aliphatic rings. The summed E-state index contributed by atoms with van der Waals surface area (Å²) >= 11 is 0. The molecule has 0 aromatic carbocycles. The molecule has 0 spiro atoms. The van der Waals surface area contributed by atoms with Gasteiger partial charge >= 0.3 is 6.01 Å². The number of ether oxygens (including phenoxy) is 2. The Hall–Kier alpha value is -1.63. The van der Waals surface area contributed by atoms with Gasteiger partial charge in [-0.15, -0.1) is 0 Å².